The zero-order valence-corrected chi connectivity index (χ0v) is 11.3. The number of nitrogens with zero attached hydrogens (tertiary/aromatic N) is 1. The molecule has 0 bridgehead atoms. The van der Waals surface area contributed by atoms with Crippen molar-refractivity contribution in [1.82, 2.24) is 4.90 Å². The van der Waals surface area contributed by atoms with Gasteiger partial charge in [-0.05, 0) is 36.6 Å². The summed E-state index contributed by atoms with van der Waals surface area (Å²) in [5, 5.41) is 8.75. The summed E-state index contributed by atoms with van der Waals surface area (Å²) < 4.78 is 40.4. The third-order valence-electron chi connectivity index (χ3n) is 3.37. The lowest BCUT2D eigenvalue weighted by molar-refractivity contribution is -0.274. The highest BCUT2D eigenvalue weighted by Gasteiger charge is 2.31. The van der Waals surface area contributed by atoms with Gasteiger partial charge < -0.3 is 9.84 Å². The van der Waals surface area contributed by atoms with Gasteiger partial charge in [0, 0.05) is 19.5 Å². The Bertz CT molecular complexity index is 504. The molecule has 1 aliphatic heterocycles. The molecule has 0 aromatic heterocycles. The molecule has 7 heteroatoms. The number of ether oxygens (including phenoxy) is 1. The van der Waals surface area contributed by atoms with Gasteiger partial charge in [0.1, 0.15) is 5.75 Å². The number of alkyl halides is 3. The molecular formula is C14H16F3NO3. The second-order valence-electron chi connectivity index (χ2n) is 5.18. The molecule has 1 atom stereocenters. The fraction of sp³-hybridized carbons (Fsp3) is 0.500. The summed E-state index contributed by atoms with van der Waals surface area (Å²) in [6.07, 6.45) is -3.77. The van der Waals surface area contributed by atoms with Gasteiger partial charge in [-0.1, -0.05) is 12.1 Å². The van der Waals surface area contributed by atoms with Crippen molar-refractivity contribution in [3.05, 3.63) is 29.8 Å². The summed E-state index contributed by atoms with van der Waals surface area (Å²) >= 11 is 0. The molecule has 0 aliphatic carbocycles. The number of likely N-dealkylation sites (tertiary alicyclic amines) is 1. The van der Waals surface area contributed by atoms with Crippen LogP contribution in [0.3, 0.4) is 0 Å². The predicted molar refractivity (Wildman–Crippen MR) is 68.8 cm³/mol. The molecule has 116 valence electrons. The molecule has 1 N–H and O–H groups in total. The van der Waals surface area contributed by atoms with E-state index in [-0.39, 0.29) is 18.1 Å². The van der Waals surface area contributed by atoms with E-state index in [9.17, 15) is 18.0 Å². The quantitative estimate of drug-likeness (QED) is 0.908. The second kappa shape index (κ2) is 6.34. The van der Waals surface area contributed by atoms with Gasteiger partial charge in [0.15, 0.2) is 0 Å². The molecule has 4 nitrogen and oxygen atoms in total. The van der Waals surface area contributed by atoms with E-state index in [1.54, 1.807) is 6.07 Å². The van der Waals surface area contributed by atoms with Crippen LogP contribution >= 0.6 is 0 Å². The Hall–Kier alpha value is -1.76. The van der Waals surface area contributed by atoms with Crippen molar-refractivity contribution in [2.45, 2.75) is 25.7 Å². The number of aliphatic carboxylic acids is 1. The van der Waals surface area contributed by atoms with Crippen molar-refractivity contribution < 1.29 is 27.8 Å². The van der Waals surface area contributed by atoms with E-state index in [2.05, 4.69) is 4.74 Å². The Balaban J connectivity index is 1.92. The first-order valence-corrected chi connectivity index (χ1v) is 6.60. The molecule has 1 aliphatic rings. The summed E-state index contributed by atoms with van der Waals surface area (Å²) in [6.45, 7) is 1.89. The first-order valence-electron chi connectivity index (χ1n) is 6.60. The number of carboxylic acids is 1. The Morgan fingerprint density at radius 1 is 1.43 bits per heavy atom. The molecule has 1 aromatic carbocycles. The van der Waals surface area contributed by atoms with E-state index in [1.807, 2.05) is 4.90 Å². The minimum absolute atomic E-state index is 0.108. The molecule has 1 heterocycles. The molecule has 1 fully saturated rings. The highest BCUT2D eigenvalue weighted by molar-refractivity contribution is 5.67. The fourth-order valence-corrected chi connectivity index (χ4v) is 2.57. The molecule has 0 radical (unpaired) electrons. The molecule has 0 spiro atoms. The second-order valence-corrected chi connectivity index (χ2v) is 5.18. The van der Waals surface area contributed by atoms with E-state index < -0.39 is 12.3 Å². The third kappa shape index (κ3) is 5.26. The van der Waals surface area contributed by atoms with Crippen LogP contribution in [0.1, 0.15) is 18.4 Å². The maximum atomic E-state index is 12.2. The van der Waals surface area contributed by atoms with Crippen LogP contribution in [0, 0.1) is 5.92 Å². The van der Waals surface area contributed by atoms with Gasteiger partial charge in [-0.25, -0.2) is 0 Å². The summed E-state index contributed by atoms with van der Waals surface area (Å²) in [6, 6.07) is 5.86. The summed E-state index contributed by atoms with van der Waals surface area (Å²) in [4.78, 5) is 12.7. The van der Waals surface area contributed by atoms with Crippen LogP contribution in [0.5, 0.6) is 5.75 Å². The van der Waals surface area contributed by atoms with Gasteiger partial charge in [-0.15, -0.1) is 13.2 Å². The average molecular weight is 303 g/mol. The maximum Gasteiger partial charge on any atom is 0.573 e. The lowest BCUT2D eigenvalue weighted by Gasteiger charge is -2.16. The van der Waals surface area contributed by atoms with Crippen molar-refractivity contribution in [3.63, 3.8) is 0 Å². The average Bonchev–Trinajstić information content (AvgIpc) is 2.73. The predicted octanol–water partition coefficient (Wildman–Crippen LogP) is 2.88. The number of hydrogen-bond donors (Lipinski definition) is 1. The van der Waals surface area contributed by atoms with Gasteiger partial charge in [0.05, 0.1) is 0 Å². The zero-order chi connectivity index (χ0) is 15.5. The molecule has 2 rings (SSSR count). The van der Waals surface area contributed by atoms with Gasteiger partial charge >= 0.3 is 12.3 Å². The molecule has 0 amide bonds. The molecule has 0 saturated carbocycles. The largest absolute Gasteiger partial charge is 0.573 e. The SMILES string of the molecule is O=C(O)CC1CCN(Cc2cccc(OC(F)(F)F)c2)C1. The van der Waals surface area contributed by atoms with Gasteiger partial charge in [0.25, 0.3) is 0 Å². The van der Waals surface area contributed by atoms with Gasteiger partial charge in [0.2, 0.25) is 0 Å². The van der Waals surface area contributed by atoms with Crippen molar-refractivity contribution in [2.24, 2.45) is 5.92 Å². The van der Waals surface area contributed by atoms with Crippen LogP contribution in [-0.2, 0) is 11.3 Å². The number of halogens is 3. The normalized spacial score (nSPS) is 19.7. The first-order chi connectivity index (χ1) is 9.82. The van der Waals surface area contributed by atoms with Crippen LogP contribution in [0.25, 0.3) is 0 Å². The summed E-state index contributed by atoms with van der Waals surface area (Å²) in [5.41, 5.74) is 0.715. The fourth-order valence-electron chi connectivity index (χ4n) is 2.57. The van der Waals surface area contributed by atoms with Crippen molar-refractivity contribution >= 4 is 5.97 Å². The molecular weight excluding hydrogens is 287 g/mol. The van der Waals surface area contributed by atoms with Crippen molar-refractivity contribution in [2.75, 3.05) is 13.1 Å². The number of carbonyl (C=O) groups is 1. The van der Waals surface area contributed by atoms with E-state index in [0.717, 1.165) is 13.0 Å². The topological polar surface area (TPSA) is 49.8 Å². The van der Waals surface area contributed by atoms with Crippen LogP contribution in [0.2, 0.25) is 0 Å². The van der Waals surface area contributed by atoms with Gasteiger partial charge in [-0.3, -0.25) is 9.69 Å². The first kappa shape index (κ1) is 15.6. The Kier molecular flexibility index (Phi) is 4.72. The number of carboxylic acid groups (broad SMARTS) is 1. The highest BCUT2D eigenvalue weighted by Crippen LogP contribution is 2.25. The number of rotatable bonds is 5. The number of hydrogen-bond acceptors (Lipinski definition) is 3. The van der Waals surface area contributed by atoms with Crippen molar-refractivity contribution in [3.8, 4) is 5.75 Å². The number of benzene rings is 1. The molecule has 1 unspecified atom stereocenters. The summed E-state index contributed by atoms with van der Waals surface area (Å²) in [5.74, 6) is -0.944. The van der Waals surface area contributed by atoms with Crippen molar-refractivity contribution in [1.29, 1.82) is 0 Å². The monoisotopic (exact) mass is 303 g/mol. The van der Waals surface area contributed by atoms with E-state index in [0.29, 0.717) is 18.7 Å². The third-order valence-corrected chi connectivity index (χ3v) is 3.37. The molecule has 21 heavy (non-hydrogen) atoms. The van der Waals surface area contributed by atoms with Crippen LogP contribution in [-0.4, -0.2) is 35.4 Å². The minimum Gasteiger partial charge on any atom is -0.481 e. The van der Waals surface area contributed by atoms with Crippen LogP contribution in [0.15, 0.2) is 24.3 Å². The minimum atomic E-state index is -4.70. The molecule has 1 saturated heterocycles. The highest BCUT2D eigenvalue weighted by atomic mass is 19.4. The van der Waals surface area contributed by atoms with E-state index in [4.69, 9.17) is 5.11 Å². The van der Waals surface area contributed by atoms with E-state index >= 15 is 0 Å². The molecule has 1 aromatic rings. The maximum absolute atomic E-state index is 12.2. The standard InChI is InChI=1S/C14H16F3NO3/c15-14(16,17)21-12-3-1-2-10(6-12)8-18-5-4-11(9-18)7-13(19)20/h1-3,6,11H,4-5,7-9H2,(H,19,20). The van der Waals surface area contributed by atoms with Crippen LogP contribution in [0.4, 0.5) is 13.2 Å². The lowest BCUT2D eigenvalue weighted by Crippen LogP contribution is -2.21. The van der Waals surface area contributed by atoms with Crippen LogP contribution < -0.4 is 4.74 Å². The summed E-state index contributed by atoms with van der Waals surface area (Å²) in [7, 11) is 0. The lowest BCUT2D eigenvalue weighted by atomic mass is 10.1. The smallest absolute Gasteiger partial charge is 0.481 e. The zero-order valence-electron chi connectivity index (χ0n) is 11.3. The van der Waals surface area contributed by atoms with Gasteiger partial charge in [-0.2, -0.15) is 0 Å². The van der Waals surface area contributed by atoms with E-state index in [1.165, 1.54) is 18.2 Å². The Morgan fingerprint density at radius 3 is 2.86 bits per heavy atom. The Labute approximate surface area is 120 Å². The Morgan fingerprint density at radius 2 is 2.19 bits per heavy atom.